The molecule has 2 aromatic rings. The van der Waals surface area contributed by atoms with E-state index in [-0.39, 0.29) is 14.1 Å². The van der Waals surface area contributed by atoms with Crippen LogP contribution in [0.2, 0.25) is 19.6 Å². The van der Waals surface area contributed by atoms with E-state index in [1.165, 1.54) is 24.8 Å². The fourth-order valence-electron chi connectivity index (χ4n) is 5.76. The van der Waals surface area contributed by atoms with Crippen molar-refractivity contribution in [1.29, 1.82) is 0 Å². The van der Waals surface area contributed by atoms with Crippen molar-refractivity contribution in [1.82, 2.24) is 4.90 Å². The monoisotopic (exact) mass is 505 g/mol. The number of carbonyl (C=O) groups is 1. The Morgan fingerprint density at radius 2 is 1.45 bits per heavy atom. The molecule has 0 spiro atoms. The van der Waals surface area contributed by atoms with E-state index in [0.717, 1.165) is 18.7 Å². The molecule has 3 saturated heterocycles. The van der Waals surface area contributed by atoms with Crippen LogP contribution >= 0.6 is 42.0 Å². The highest BCUT2D eigenvalue weighted by Gasteiger charge is 2.83. The van der Waals surface area contributed by atoms with E-state index in [2.05, 4.69) is 79.1 Å². The van der Waals surface area contributed by atoms with Gasteiger partial charge < -0.3 is 0 Å². The molecule has 7 heteroatoms. The summed E-state index contributed by atoms with van der Waals surface area (Å²) in [5, 5.41) is 0.264. The van der Waals surface area contributed by atoms with Crippen LogP contribution in [-0.2, 0) is 14.1 Å². The van der Waals surface area contributed by atoms with Gasteiger partial charge in [0.15, 0.2) is 0 Å². The fourth-order valence-corrected chi connectivity index (χ4v) is 25.1. The first kappa shape index (κ1) is 22.5. The number of benzene rings is 2. The summed E-state index contributed by atoms with van der Waals surface area (Å²) in [6, 6.07) is 21.4. The van der Waals surface area contributed by atoms with Crippen molar-refractivity contribution in [2.75, 3.05) is 13.1 Å². The van der Waals surface area contributed by atoms with Gasteiger partial charge in [0, 0.05) is 20.4 Å². The summed E-state index contributed by atoms with van der Waals surface area (Å²) < 4.78 is -1.19. The number of rotatable bonds is 4. The molecule has 2 bridgehead atoms. The van der Waals surface area contributed by atoms with Crippen molar-refractivity contribution in [3.8, 4) is 0 Å². The van der Waals surface area contributed by atoms with Crippen molar-refractivity contribution in [2.24, 2.45) is 0 Å². The van der Waals surface area contributed by atoms with Gasteiger partial charge in [-0.2, -0.15) is 0 Å². The Balaban J connectivity index is 1.83. The zero-order chi connectivity index (χ0) is 21.9. The Kier molecular flexibility index (Phi) is 5.72. The summed E-state index contributed by atoms with van der Waals surface area (Å²) in [4.78, 5) is 16.6. The number of carbonyl (C=O) groups excluding carboxylic acids is 1. The highest BCUT2D eigenvalue weighted by Crippen LogP contribution is 2.94. The quantitative estimate of drug-likeness (QED) is 0.318. The third-order valence-electron chi connectivity index (χ3n) is 7.04. The minimum atomic E-state index is -1.94. The number of hydrogen-bond acceptors (Lipinski definition) is 4. The third kappa shape index (κ3) is 2.90. The lowest BCUT2D eigenvalue weighted by Crippen LogP contribution is -2.65. The largest absolute Gasteiger partial charge is 0.285 e. The maximum absolute atomic E-state index is 13.9. The molecule has 31 heavy (non-hydrogen) atoms. The van der Waals surface area contributed by atoms with Gasteiger partial charge in [0.25, 0.3) is 0 Å². The average Bonchev–Trinajstić information content (AvgIpc) is 3.22. The lowest BCUT2D eigenvalue weighted by Gasteiger charge is -2.58. The highest BCUT2D eigenvalue weighted by molar-refractivity contribution is 8.37. The van der Waals surface area contributed by atoms with E-state index in [1.54, 1.807) is 11.8 Å². The van der Waals surface area contributed by atoms with Crippen LogP contribution in [0, 0.1) is 0 Å². The Morgan fingerprint density at radius 3 is 2.00 bits per heavy atom. The van der Waals surface area contributed by atoms with E-state index in [0.29, 0.717) is 0 Å². The molecule has 5 rings (SSSR count). The molecule has 4 atom stereocenters. The van der Waals surface area contributed by atoms with Crippen LogP contribution in [0.5, 0.6) is 0 Å². The molecule has 3 aliphatic rings. The predicted octanol–water partition coefficient (Wildman–Crippen LogP) is 7.41. The van der Waals surface area contributed by atoms with E-state index < -0.39 is 19.8 Å². The number of halogens is 1. The molecule has 3 fully saturated rings. The van der Waals surface area contributed by atoms with E-state index >= 15 is 0 Å². The normalized spacial score (nSPS) is 36.1. The Hall–Kier alpha value is -0.293. The summed E-state index contributed by atoms with van der Waals surface area (Å²) >= 11 is 11.3. The van der Waals surface area contributed by atoms with Crippen molar-refractivity contribution < 1.29 is 4.79 Å². The average molecular weight is 506 g/mol. The molecule has 2 unspecified atom stereocenters. The van der Waals surface area contributed by atoms with Gasteiger partial charge in [-0.05, 0) is 24.0 Å². The molecule has 2 aromatic carbocycles. The third-order valence-corrected chi connectivity index (χ3v) is 22.1. The Labute approximate surface area is 201 Å². The van der Waals surface area contributed by atoms with E-state index in [1.807, 2.05) is 17.8 Å². The summed E-state index contributed by atoms with van der Waals surface area (Å²) in [6.45, 7) is 9.51. The van der Waals surface area contributed by atoms with Crippen molar-refractivity contribution >= 4 is 55.2 Å². The SMILES string of the molecule is C[Si](C)(C)C1(c2ccccc2)P(Cl)[C@@]2(c3ccccc3)S[C@]1(N1CCCCC1)SC2=O. The molecule has 3 heterocycles. The summed E-state index contributed by atoms with van der Waals surface area (Å²) in [5.74, 6) is 0. The van der Waals surface area contributed by atoms with E-state index in [9.17, 15) is 4.79 Å². The Morgan fingerprint density at radius 1 is 0.903 bits per heavy atom. The van der Waals surface area contributed by atoms with Gasteiger partial charge in [0.1, 0.15) is 8.69 Å². The number of hydrogen-bond donors (Lipinski definition) is 0. The molecule has 2 nitrogen and oxygen atoms in total. The minimum absolute atomic E-state index is 0.200. The van der Waals surface area contributed by atoms with Crippen LogP contribution in [-0.4, -0.2) is 35.4 Å². The first-order chi connectivity index (χ1) is 14.8. The summed E-state index contributed by atoms with van der Waals surface area (Å²) in [6.07, 6.45) is 3.68. The van der Waals surface area contributed by atoms with Crippen LogP contribution in [0.4, 0.5) is 0 Å². The second-order valence-corrected chi connectivity index (χ2v) is 21.5. The molecule has 0 aliphatic carbocycles. The van der Waals surface area contributed by atoms with Crippen molar-refractivity contribution in [3.05, 3.63) is 71.8 Å². The maximum Gasteiger partial charge on any atom is 0.217 e. The fraction of sp³-hybridized carbons (Fsp3) is 0.458. The zero-order valence-electron chi connectivity index (χ0n) is 18.3. The molecule has 0 N–H and O–H groups in total. The molecule has 0 aromatic heterocycles. The van der Waals surface area contributed by atoms with Crippen LogP contribution in [0.1, 0.15) is 30.4 Å². The maximum atomic E-state index is 13.9. The van der Waals surface area contributed by atoms with Gasteiger partial charge in [-0.25, -0.2) is 0 Å². The molecular formula is C24H29ClNOPS2Si. The first-order valence-corrected chi connectivity index (χ1v) is 18.4. The van der Waals surface area contributed by atoms with Crippen LogP contribution in [0.15, 0.2) is 60.7 Å². The van der Waals surface area contributed by atoms with Gasteiger partial charge in [-0.15, -0.1) is 11.8 Å². The molecule has 3 aliphatic heterocycles. The lowest BCUT2D eigenvalue weighted by atomic mass is 10.1. The van der Waals surface area contributed by atoms with Gasteiger partial charge in [-0.3, -0.25) is 9.69 Å². The predicted molar refractivity (Wildman–Crippen MR) is 141 cm³/mol. The van der Waals surface area contributed by atoms with Gasteiger partial charge in [0.05, 0.1) is 12.9 Å². The summed E-state index contributed by atoms with van der Waals surface area (Å²) in [7, 11) is -3.12. The summed E-state index contributed by atoms with van der Waals surface area (Å²) in [5.41, 5.74) is 2.43. The number of thioether (sulfide) groups is 2. The van der Waals surface area contributed by atoms with Crippen molar-refractivity contribution in [3.63, 3.8) is 0 Å². The first-order valence-electron chi connectivity index (χ1n) is 11.1. The molecular weight excluding hydrogens is 477 g/mol. The van der Waals surface area contributed by atoms with E-state index in [4.69, 9.17) is 11.2 Å². The Bertz CT molecular complexity index is 984. The molecule has 164 valence electrons. The zero-order valence-corrected chi connectivity index (χ0v) is 22.6. The minimum Gasteiger partial charge on any atom is -0.285 e. The lowest BCUT2D eigenvalue weighted by molar-refractivity contribution is -0.111. The number of fused-ring (bicyclic) bond motifs is 2. The van der Waals surface area contributed by atoms with Crippen LogP contribution < -0.4 is 0 Å². The smallest absolute Gasteiger partial charge is 0.217 e. The number of piperidine rings is 1. The number of nitrogens with zero attached hydrogens (tertiary/aromatic N) is 1. The topological polar surface area (TPSA) is 20.3 Å². The second kappa shape index (κ2) is 7.89. The van der Waals surface area contributed by atoms with Crippen molar-refractivity contribution in [2.45, 2.75) is 52.4 Å². The highest BCUT2D eigenvalue weighted by atomic mass is 35.7. The molecule has 0 saturated carbocycles. The second-order valence-electron chi connectivity index (χ2n) is 9.74. The molecule has 0 amide bonds. The van der Waals surface area contributed by atoms with Gasteiger partial charge in [0.2, 0.25) is 5.12 Å². The van der Waals surface area contributed by atoms with Gasteiger partial charge >= 0.3 is 0 Å². The van der Waals surface area contributed by atoms with Gasteiger partial charge in [-0.1, -0.05) is 110 Å². The number of likely N-dealkylation sites (tertiary alicyclic amines) is 1. The van der Waals surface area contributed by atoms with Crippen LogP contribution in [0.25, 0.3) is 0 Å². The standard InChI is InChI=1S/C24H29ClNOPS2Si/c1-31(2,3)23(20-15-9-5-10-16-20)24(26-17-11-6-12-18-26)29-21(27)22(30-24,28(23)25)19-13-7-4-8-14-19/h4-5,7-10,13-16H,6,11-12,17-18H2,1-3H3/t22-,23?,24+,28?/m0/s1. The molecule has 0 radical (unpaired) electrons. The van der Waals surface area contributed by atoms with Crippen LogP contribution in [0.3, 0.4) is 0 Å².